The van der Waals surface area contributed by atoms with Crippen LogP contribution in [0.25, 0.3) is 11.1 Å². The Bertz CT molecular complexity index is 665. The van der Waals surface area contributed by atoms with Crippen molar-refractivity contribution >= 4 is 28.0 Å². The van der Waals surface area contributed by atoms with E-state index < -0.39 is 10.8 Å². The predicted octanol–water partition coefficient (Wildman–Crippen LogP) is 2.97. The molecule has 1 aromatic carbocycles. The lowest BCUT2D eigenvalue weighted by molar-refractivity contribution is 0.0960. The lowest BCUT2D eigenvalue weighted by Crippen LogP contribution is -2.26. The topological polar surface area (TPSA) is 46.2 Å². The smallest absolute Gasteiger partial charge is 0.261 e. The first-order valence-corrected chi connectivity index (χ1v) is 8.96. The maximum atomic E-state index is 13.0. The van der Waals surface area contributed by atoms with Gasteiger partial charge in [0.25, 0.3) is 5.91 Å². The van der Waals surface area contributed by atoms with Crippen LogP contribution in [0.5, 0.6) is 0 Å². The number of thiophene rings is 1. The maximum Gasteiger partial charge on any atom is 0.261 e. The number of aryl methyl sites for hydroxylation is 1. The molecule has 3 nitrogen and oxygen atoms in total. The molecular weight excluding hydrogens is 309 g/mol. The second-order valence-corrected chi connectivity index (χ2v) is 7.43. The lowest BCUT2D eigenvalue weighted by Gasteiger charge is -2.01. The Morgan fingerprint density at radius 2 is 2.00 bits per heavy atom. The van der Waals surface area contributed by atoms with Gasteiger partial charge < -0.3 is 5.32 Å². The Morgan fingerprint density at radius 3 is 2.62 bits per heavy atom. The molecule has 0 aliphatic rings. The van der Waals surface area contributed by atoms with Gasteiger partial charge in [-0.05, 0) is 36.2 Å². The van der Waals surface area contributed by atoms with Crippen molar-refractivity contribution in [1.82, 2.24) is 5.32 Å². The van der Waals surface area contributed by atoms with Crippen LogP contribution in [0.1, 0.15) is 14.5 Å². The van der Waals surface area contributed by atoms with Gasteiger partial charge in [0.2, 0.25) is 0 Å². The summed E-state index contributed by atoms with van der Waals surface area (Å²) in [7, 11) is -0.916. The number of halogens is 1. The molecule has 6 heteroatoms. The number of nitrogens with one attached hydrogen (secondary N) is 1. The van der Waals surface area contributed by atoms with Crippen LogP contribution in [0.3, 0.4) is 0 Å². The fraction of sp³-hybridized carbons (Fsp3) is 0.267. The summed E-state index contributed by atoms with van der Waals surface area (Å²) in [6.07, 6.45) is 1.61. The fourth-order valence-corrected chi connectivity index (χ4v) is 3.25. The summed E-state index contributed by atoms with van der Waals surface area (Å²) < 4.78 is 23.9. The SMILES string of the molecule is Cc1sc(C(=O)NCCS(C)=O)cc1-c1ccc(F)cc1. The molecule has 1 amide bonds. The highest BCUT2D eigenvalue weighted by Crippen LogP contribution is 2.31. The number of rotatable bonds is 5. The number of carbonyl (C=O) groups is 1. The van der Waals surface area contributed by atoms with Crippen molar-refractivity contribution in [2.45, 2.75) is 6.92 Å². The molecule has 0 radical (unpaired) electrons. The monoisotopic (exact) mass is 325 g/mol. The third kappa shape index (κ3) is 4.22. The average Bonchev–Trinajstić information content (AvgIpc) is 2.81. The molecule has 1 heterocycles. The zero-order valence-electron chi connectivity index (χ0n) is 11.8. The van der Waals surface area contributed by atoms with E-state index in [4.69, 9.17) is 0 Å². The van der Waals surface area contributed by atoms with Gasteiger partial charge in [0.05, 0.1) is 4.88 Å². The quantitative estimate of drug-likeness (QED) is 0.918. The summed E-state index contributed by atoms with van der Waals surface area (Å²) in [5.41, 5.74) is 1.82. The van der Waals surface area contributed by atoms with Gasteiger partial charge >= 0.3 is 0 Å². The summed E-state index contributed by atoms with van der Waals surface area (Å²) in [5, 5.41) is 2.75. The second-order valence-electron chi connectivity index (χ2n) is 4.62. The minimum atomic E-state index is -0.916. The van der Waals surface area contributed by atoms with E-state index in [1.165, 1.54) is 23.5 Å². The molecule has 1 unspecified atom stereocenters. The van der Waals surface area contributed by atoms with Gasteiger partial charge in [-0.1, -0.05) is 12.1 Å². The van der Waals surface area contributed by atoms with E-state index in [0.717, 1.165) is 16.0 Å². The lowest BCUT2D eigenvalue weighted by atomic mass is 10.1. The van der Waals surface area contributed by atoms with Crippen LogP contribution in [-0.4, -0.2) is 28.7 Å². The Morgan fingerprint density at radius 1 is 1.33 bits per heavy atom. The van der Waals surface area contributed by atoms with Crippen LogP contribution < -0.4 is 5.32 Å². The van der Waals surface area contributed by atoms with Crippen molar-refractivity contribution in [1.29, 1.82) is 0 Å². The van der Waals surface area contributed by atoms with Gasteiger partial charge in [0.1, 0.15) is 5.82 Å². The van der Waals surface area contributed by atoms with Crippen LogP contribution in [0.4, 0.5) is 4.39 Å². The number of amides is 1. The summed E-state index contributed by atoms with van der Waals surface area (Å²) in [5.74, 6) is 0.0000547. The third-order valence-electron chi connectivity index (χ3n) is 2.97. The van der Waals surface area contributed by atoms with Crippen LogP contribution in [0, 0.1) is 12.7 Å². The molecule has 2 aromatic rings. The third-order valence-corrected chi connectivity index (χ3v) is 4.80. The van der Waals surface area contributed by atoms with Gasteiger partial charge in [-0.25, -0.2) is 4.39 Å². The van der Waals surface area contributed by atoms with Crippen LogP contribution in [0.15, 0.2) is 30.3 Å². The van der Waals surface area contributed by atoms with E-state index in [9.17, 15) is 13.4 Å². The summed E-state index contributed by atoms with van der Waals surface area (Å²) in [4.78, 5) is 13.6. The van der Waals surface area contributed by atoms with E-state index in [-0.39, 0.29) is 11.7 Å². The Hall–Kier alpha value is -1.53. The average molecular weight is 325 g/mol. The summed E-state index contributed by atoms with van der Waals surface area (Å²) in [6, 6.07) is 8.02. The molecule has 1 atom stereocenters. The number of benzene rings is 1. The molecule has 0 aliphatic carbocycles. The second kappa shape index (κ2) is 6.95. The first kappa shape index (κ1) is 15.9. The van der Waals surface area contributed by atoms with Crippen LogP contribution in [-0.2, 0) is 10.8 Å². The van der Waals surface area contributed by atoms with E-state index in [2.05, 4.69) is 5.32 Å². The van der Waals surface area contributed by atoms with Crippen molar-refractivity contribution in [2.75, 3.05) is 18.6 Å². The van der Waals surface area contributed by atoms with Crippen molar-refractivity contribution in [2.24, 2.45) is 0 Å². The van der Waals surface area contributed by atoms with Gasteiger partial charge in [-0.15, -0.1) is 11.3 Å². The minimum Gasteiger partial charge on any atom is -0.350 e. The fourth-order valence-electron chi connectivity index (χ4n) is 1.91. The van der Waals surface area contributed by atoms with Crippen molar-refractivity contribution in [3.05, 3.63) is 45.9 Å². The highest BCUT2D eigenvalue weighted by Gasteiger charge is 2.13. The summed E-state index contributed by atoms with van der Waals surface area (Å²) >= 11 is 1.40. The van der Waals surface area contributed by atoms with E-state index in [0.29, 0.717) is 17.2 Å². The first-order valence-electron chi connectivity index (χ1n) is 6.42. The molecule has 0 aliphatic heterocycles. The Labute approximate surface area is 129 Å². The highest BCUT2D eigenvalue weighted by atomic mass is 32.2. The van der Waals surface area contributed by atoms with Crippen molar-refractivity contribution in [3.63, 3.8) is 0 Å². The van der Waals surface area contributed by atoms with Crippen molar-refractivity contribution < 1.29 is 13.4 Å². The minimum absolute atomic E-state index is 0.165. The molecule has 1 N–H and O–H groups in total. The highest BCUT2D eigenvalue weighted by molar-refractivity contribution is 7.84. The van der Waals surface area contributed by atoms with Gasteiger partial charge in [0.15, 0.2) is 0 Å². The zero-order chi connectivity index (χ0) is 15.4. The predicted molar refractivity (Wildman–Crippen MR) is 85.7 cm³/mol. The molecule has 2 rings (SSSR count). The summed E-state index contributed by atoms with van der Waals surface area (Å²) in [6.45, 7) is 2.33. The molecule has 0 fully saturated rings. The van der Waals surface area contributed by atoms with E-state index in [1.807, 2.05) is 13.0 Å². The molecule has 1 aromatic heterocycles. The van der Waals surface area contributed by atoms with E-state index >= 15 is 0 Å². The Kier molecular flexibility index (Phi) is 5.25. The molecule has 21 heavy (non-hydrogen) atoms. The Balaban J connectivity index is 2.13. The molecule has 0 saturated carbocycles. The van der Waals surface area contributed by atoms with Gasteiger partial charge in [-0.3, -0.25) is 9.00 Å². The number of hydrogen-bond donors (Lipinski definition) is 1. The van der Waals surface area contributed by atoms with Gasteiger partial charge in [0, 0.05) is 34.2 Å². The van der Waals surface area contributed by atoms with Crippen LogP contribution in [0.2, 0.25) is 0 Å². The number of hydrogen-bond acceptors (Lipinski definition) is 3. The van der Waals surface area contributed by atoms with Crippen LogP contribution >= 0.6 is 11.3 Å². The molecule has 0 bridgehead atoms. The largest absolute Gasteiger partial charge is 0.350 e. The maximum absolute atomic E-state index is 13.0. The van der Waals surface area contributed by atoms with Gasteiger partial charge in [-0.2, -0.15) is 0 Å². The first-order chi connectivity index (χ1) is 9.97. The standard InChI is InChI=1S/C15H16FNO2S2/c1-10-13(11-3-5-12(16)6-4-11)9-14(20-10)15(18)17-7-8-21(2)19/h3-6,9H,7-8H2,1-2H3,(H,17,18). The number of carbonyl (C=O) groups excluding carboxylic acids is 1. The van der Waals surface area contributed by atoms with Crippen molar-refractivity contribution in [3.8, 4) is 11.1 Å². The molecule has 0 saturated heterocycles. The molecular formula is C15H16FNO2S2. The van der Waals surface area contributed by atoms with E-state index in [1.54, 1.807) is 18.4 Å². The normalized spacial score (nSPS) is 12.1. The zero-order valence-corrected chi connectivity index (χ0v) is 13.4. The molecule has 0 spiro atoms. The molecule has 112 valence electrons.